The second kappa shape index (κ2) is 4.57. The highest BCUT2D eigenvalue weighted by Crippen LogP contribution is 2.16. The van der Waals surface area contributed by atoms with E-state index in [0.717, 1.165) is 5.69 Å². The van der Waals surface area contributed by atoms with E-state index in [-0.39, 0.29) is 10.6 Å². The van der Waals surface area contributed by atoms with E-state index < -0.39 is 16.6 Å². The molecular weight excluding hydrogens is 229 g/mol. The number of benzene rings is 1. The maximum Gasteiger partial charge on any atom is 0.149 e. The number of hydrogen-bond donors (Lipinski definition) is 0. The fourth-order valence-corrected chi connectivity index (χ4v) is 2.39. The van der Waals surface area contributed by atoms with Crippen molar-refractivity contribution in [2.24, 2.45) is 0 Å². The SMILES string of the molecule is Cc1cc(CS(=O)c2ccccc2F)on1. The third-order valence-electron chi connectivity index (χ3n) is 2.03. The minimum Gasteiger partial charge on any atom is -0.360 e. The monoisotopic (exact) mass is 239 g/mol. The molecule has 1 heterocycles. The molecule has 2 rings (SSSR count). The Balaban J connectivity index is 2.18. The molecule has 0 amide bonds. The summed E-state index contributed by atoms with van der Waals surface area (Å²) in [6, 6.07) is 7.71. The van der Waals surface area contributed by atoms with E-state index >= 15 is 0 Å². The van der Waals surface area contributed by atoms with Crippen LogP contribution in [0.3, 0.4) is 0 Å². The summed E-state index contributed by atoms with van der Waals surface area (Å²) in [6.07, 6.45) is 0. The standard InChI is InChI=1S/C11H10FNO2S/c1-8-6-9(15-13-8)7-16(14)11-5-3-2-4-10(11)12/h2-6H,7H2,1H3. The number of rotatable bonds is 3. The number of aromatic nitrogens is 1. The Bertz CT molecular complexity index is 524. The minimum absolute atomic E-state index is 0.141. The molecule has 1 unspecified atom stereocenters. The molecule has 1 aromatic heterocycles. The van der Waals surface area contributed by atoms with Gasteiger partial charge in [-0.15, -0.1) is 0 Å². The van der Waals surface area contributed by atoms with Crippen LogP contribution in [0.5, 0.6) is 0 Å². The van der Waals surface area contributed by atoms with Crippen LogP contribution in [0.4, 0.5) is 4.39 Å². The van der Waals surface area contributed by atoms with Crippen molar-refractivity contribution in [1.29, 1.82) is 0 Å². The smallest absolute Gasteiger partial charge is 0.149 e. The third kappa shape index (κ3) is 2.36. The van der Waals surface area contributed by atoms with E-state index in [1.165, 1.54) is 12.1 Å². The van der Waals surface area contributed by atoms with Gasteiger partial charge in [0, 0.05) is 6.07 Å². The molecule has 0 bridgehead atoms. The van der Waals surface area contributed by atoms with E-state index in [0.29, 0.717) is 5.76 Å². The van der Waals surface area contributed by atoms with E-state index in [2.05, 4.69) is 5.16 Å². The first-order valence-corrected chi connectivity index (χ1v) is 6.04. The van der Waals surface area contributed by atoms with Gasteiger partial charge >= 0.3 is 0 Å². The van der Waals surface area contributed by atoms with Crippen LogP contribution < -0.4 is 0 Å². The van der Waals surface area contributed by atoms with Crippen molar-refractivity contribution >= 4 is 10.8 Å². The molecule has 16 heavy (non-hydrogen) atoms. The molecule has 0 saturated heterocycles. The highest BCUT2D eigenvalue weighted by molar-refractivity contribution is 7.84. The Hall–Kier alpha value is -1.49. The van der Waals surface area contributed by atoms with Crippen molar-refractivity contribution < 1.29 is 13.1 Å². The number of halogens is 1. The molecule has 2 aromatic rings. The first-order valence-electron chi connectivity index (χ1n) is 4.72. The lowest BCUT2D eigenvalue weighted by molar-refractivity contribution is 0.390. The fraction of sp³-hybridized carbons (Fsp3) is 0.182. The van der Waals surface area contributed by atoms with Crippen molar-refractivity contribution in [3.8, 4) is 0 Å². The second-order valence-electron chi connectivity index (χ2n) is 3.35. The quantitative estimate of drug-likeness (QED) is 0.826. The van der Waals surface area contributed by atoms with Crippen LogP contribution in [0.1, 0.15) is 11.5 Å². The van der Waals surface area contributed by atoms with E-state index in [1.807, 2.05) is 0 Å². The van der Waals surface area contributed by atoms with E-state index in [4.69, 9.17) is 4.52 Å². The summed E-state index contributed by atoms with van der Waals surface area (Å²) in [5.74, 6) is 0.179. The van der Waals surface area contributed by atoms with E-state index in [9.17, 15) is 8.60 Å². The molecule has 5 heteroatoms. The van der Waals surface area contributed by atoms with Crippen LogP contribution in [0.15, 0.2) is 39.8 Å². The zero-order valence-corrected chi connectivity index (χ0v) is 9.46. The molecule has 0 N–H and O–H groups in total. The number of aryl methyl sites for hydroxylation is 1. The number of hydrogen-bond acceptors (Lipinski definition) is 3. The molecule has 3 nitrogen and oxygen atoms in total. The van der Waals surface area contributed by atoms with Crippen LogP contribution in [0.2, 0.25) is 0 Å². The van der Waals surface area contributed by atoms with Gasteiger partial charge in [0.25, 0.3) is 0 Å². The summed E-state index contributed by atoms with van der Waals surface area (Å²) in [5, 5.41) is 3.68. The molecule has 0 aliphatic heterocycles. The summed E-state index contributed by atoms with van der Waals surface area (Å²) in [4.78, 5) is 0.191. The minimum atomic E-state index is -1.44. The van der Waals surface area contributed by atoms with Gasteiger partial charge in [-0.25, -0.2) is 4.39 Å². The van der Waals surface area contributed by atoms with Gasteiger partial charge in [0.2, 0.25) is 0 Å². The third-order valence-corrected chi connectivity index (χ3v) is 3.40. The van der Waals surface area contributed by atoms with Gasteiger partial charge in [0.1, 0.15) is 11.6 Å². The van der Waals surface area contributed by atoms with Gasteiger partial charge in [0.05, 0.1) is 27.1 Å². The summed E-state index contributed by atoms with van der Waals surface area (Å²) in [6.45, 7) is 1.78. The van der Waals surface area contributed by atoms with E-state index in [1.54, 1.807) is 25.1 Å². The Morgan fingerprint density at radius 2 is 2.19 bits per heavy atom. The zero-order valence-electron chi connectivity index (χ0n) is 8.64. The second-order valence-corrected chi connectivity index (χ2v) is 4.77. The van der Waals surface area contributed by atoms with Crippen molar-refractivity contribution in [1.82, 2.24) is 5.16 Å². The van der Waals surface area contributed by atoms with Gasteiger partial charge in [-0.1, -0.05) is 17.3 Å². The molecule has 0 aliphatic rings. The Kier molecular flexibility index (Phi) is 3.14. The predicted octanol–water partition coefficient (Wildman–Crippen LogP) is 2.43. The molecule has 84 valence electrons. The maximum atomic E-state index is 13.3. The van der Waals surface area contributed by atoms with Crippen molar-refractivity contribution in [2.45, 2.75) is 17.6 Å². The topological polar surface area (TPSA) is 43.1 Å². The van der Waals surface area contributed by atoms with Crippen LogP contribution in [0.25, 0.3) is 0 Å². The van der Waals surface area contributed by atoms with Crippen LogP contribution in [0, 0.1) is 12.7 Å². The zero-order chi connectivity index (χ0) is 11.5. The molecule has 0 saturated carbocycles. The summed E-state index contributed by atoms with van der Waals surface area (Å²) >= 11 is 0. The highest BCUT2D eigenvalue weighted by Gasteiger charge is 2.12. The van der Waals surface area contributed by atoms with Gasteiger partial charge in [-0.2, -0.15) is 0 Å². The van der Waals surface area contributed by atoms with Crippen LogP contribution >= 0.6 is 0 Å². The average molecular weight is 239 g/mol. The summed E-state index contributed by atoms with van der Waals surface area (Å²) in [7, 11) is -1.44. The molecule has 0 fully saturated rings. The summed E-state index contributed by atoms with van der Waals surface area (Å²) < 4.78 is 30.1. The maximum absolute atomic E-state index is 13.3. The highest BCUT2D eigenvalue weighted by atomic mass is 32.2. The molecule has 0 spiro atoms. The van der Waals surface area contributed by atoms with Crippen molar-refractivity contribution in [2.75, 3.05) is 0 Å². The van der Waals surface area contributed by atoms with Gasteiger partial charge < -0.3 is 4.52 Å². The first-order chi connectivity index (χ1) is 7.66. The Morgan fingerprint density at radius 3 is 2.81 bits per heavy atom. The average Bonchev–Trinajstić information content (AvgIpc) is 2.64. The van der Waals surface area contributed by atoms with Gasteiger partial charge in [0.15, 0.2) is 0 Å². The van der Waals surface area contributed by atoms with Gasteiger partial charge in [-0.05, 0) is 19.1 Å². The lowest BCUT2D eigenvalue weighted by atomic mass is 10.3. The molecule has 0 radical (unpaired) electrons. The summed E-state index contributed by atoms with van der Waals surface area (Å²) in [5.41, 5.74) is 0.723. The Morgan fingerprint density at radius 1 is 1.44 bits per heavy atom. The fourth-order valence-electron chi connectivity index (χ4n) is 1.32. The largest absolute Gasteiger partial charge is 0.360 e. The van der Waals surface area contributed by atoms with Crippen LogP contribution in [-0.4, -0.2) is 9.37 Å². The van der Waals surface area contributed by atoms with Crippen LogP contribution in [-0.2, 0) is 16.6 Å². The Labute approximate surface area is 94.7 Å². The molecule has 1 atom stereocenters. The lowest BCUT2D eigenvalue weighted by Crippen LogP contribution is -1.98. The van der Waals surface area contributed by atoms with Gasteiger partial charge in [-0.3, -0.25) is 4.21 Å². The normalized spacial score (nSPS) is 12.6. The molecule has 0 aliphatic carbocycles. The van der Waals surface area contributed by atoms with Crippen molar-refractivity contribution in [3.05, 3.63) is 47.6 Å². The predicted molar refractivity (Wildman–Crippen MR) is 57.8 cm³/mol. The number of nitrogens with zero attached hydrogens (tertiary/aromatic N) is 1. The molecule has 1 aromatic carbocycles. The molecular formula is C11H10FNO2S. The van der Waals surface area contributed by atoms with Crippen molar-refractivity contribution in [3.63, 3.8) is 0 Å². The first kappa shape index (κ1) is 11.0. The lowest BCUT2D eigenvalue weighted by Gasteiger charge is -2.00.